The highest BCUT2D eigenvalue weighted by molar-refractivity contribution is 7.91. The molecule has 1 aromatic rings. The van der Waals surface area contributed by atoms with Crippen LogP contribution in [0.15, 0.2) is 24.3 Å². The molecule has 0 radical (unpaired) electrons. The molecule has 1 unspecified atom stereocenters. The molecule has 1 saturated heterocycles. The molecule has 0 saturated carbocycles. The van der Waals surface area contributed by atoms with Gasteiger partial charge in [-0.25, -0.2) is 8.42 Å². The highest BCUT2D eigenvalue weighted by Crippen LogP contribution is 2.16. The van der Waals surface area contributed by atoms with Crippen LogP contribution in [-0.4, -0.2) is 49.7 Å². The van der Waals surface area contributed by atoms with Crippen molar-refractivity contribution in [1.29, 1.82) is 0 Å². The zero-order chi connectivity index (χ0) is 16.3. The molecular weight excluding hydrogens is 304 g/mol. The molecule has 0 spiro atoms. The number of aryl methyl sites for hydroxylation is 1. The van der Waals surface area contributed by atoms with Gasteiger partial charge < -0.3 is 10.2 Å². The maximum Gasteiger partial charge on any atom is 0.311 e. The van der Waals surface area contributed by atoms with Crippen LogP contribution in [0.3, 0.4) is 0 Å². The third-order valence-electron chi connectivity index (χ3n) is 3.97. The van der Waals surface area contributed by atoms with Crippen molar-refractivity contribution in [2.24, 2.45) is 0 Å². The zero-order valence-electron chi connectivity index (χ0n) is 12.7. The minimum absolute atomic E-state index is 0.0691. The van der Waals surface area contributed by atoms with Crippen molar-refractivity contribution in [3.05, 3.63) is 35.4 Å². The van der Waals surface area contributed by atoms with Gasteiger partial charge in [0.1, 0.15) is 0 Å². The van der Waals surface area contributed by atoms with Gasteiger partial charge in [-0.3, -0.25) is 9.59 Å². The molecular formula is C15H20N2O4S. The number of nitrogens with zero attached hydrogens (tertiary/aromatic N) is 1. The normalized spacial score (nSPS) is 19.6. The summed E-state index contributed by atoms with van der Waals surface area (Å²) >= 11 is 0. The van der Waals surface area contributed by atoms with Crippen LogP contribution in [0.4, 0.5) is 0 Å². The molecule has 1 atom stereocenters. The van der Waals surface area contributed by atoms with E-state index in [-0.39, 0.29) is 18.1 Å². The molecule has 7 heteroatoms. The first kappa shape index (κ1) is 16.5. The highest BCUT2D eigenvalue weighted by atomic mass is 32.2. The molecule has 1 fully saturated rings. The molecule has 1 aromatic carbocycles. The first-order valence-electron chi connectivity index (χ1n) is 7.10. The fourth-order valence-corrected chi connectivity index (χ4v) is 4.24. The van der Waals surface area contributed by atoms with Gasteiger partial charge in [0.25, 0.3) is 0 Å². The monoisotopic (exact) mass is 324 g/mol. The number of likely N-dealkylation sites (N-methyl/N-ethyl adjacent to an activating group) is 1. The van der Waals surface area contributed by atoms with E-state index in [1.165, 1.54) is 11.9 Å². The van der Waals surface area contributed by atoms with Crippen LogP contribution in [0.2, 0.25) is 0 Å². The Morgan fingerprint density at radius 1 is 1.32 bits per heavy atom. The van der Waals surface area contributed by atoms with E-state index in [1.807, 2.05) is 31.2 Å². The lowest BCUT2D eigenvalue weighted by Gasteiger charge is -2.22. The second kappa shape index (κ2) is 6.48. The minimum atomic E-state index is -3.09. The summed E-state index contributed by atoms with van der Waals surface area (Å²) in [4.78, 5) is 25.2. The van der Waals surface area contributed by atoms with Crippen LogP contribution < -0.4 is 5.32 Å². The standard InChI is InChI=1S/C15H20N2O4S/c1-11-5-3-4-6-12(11)9-16-14(18)15(19)17(2)13-7-8-22(20,21)10-13/h3-6,13H,7-10H2,1-2H3,(H,16,18). The van der Waals surface area contributed by atoms with Crippen LogP contribution in [-0.2, 0) is 26.0 Å². The van der Waals surface area contributed by atoms with Gasteiger partial charge >= 0.3 is 11.8 Å². The van der Waals surface area contributed by atoms with Crippen LogP contribution in [0.5, 0.6) is 0 Å². The number of benzene rings is 1. The Morgan fingerprint density at radius 2 is 2.00 bits per heavy atom. The van der Waals surface area contributed by atoms with Crippen molar-refractivity contribution < 1.29 is 18.0 Å². The number of rotatable bonds is 3. The first-order valence-corrected chi connectivity index (χ1v) is 8.92. The SMILES string of the molecule is Cc1ccccc1CNC(=O)C(=O)N(C)C1CCS(=O)(=O)C1. The summed E-state index contributed by atoms with van der Waals surface area (Å²) in [5.41, 5.74) is 1.97. The summed E-state index contributed by atoms with van der Waals surface area (Å²) in [6.45, 7) is 2.20. The van der Waals surface area contributed by atoms with E-state index in [4.69, 9.17) is 0 Å². The largest absolute Gasteiger partial charge is 0.344 e. The lowest BCUT2D eigenvalue weighted by Crippen LogP contribution is -2.46. The maximum atomic E-state index is 12.1. The number of amides is 2. The highest BCUT2D eigenvalue weighted by Gasteiger charge is 2.34. The zero-order valence-corrected chi connectivity index (χ0v) is 13.5. The summed E-state index contributed by atoms with van der Waals surface area (Å²) in [5, 5.41) is 2.59. The van der Waals surface area contributed by atoms with Crippen molar-refractivity contribution in [2.75, 3.05) is 18.6 Å². The van der Waals surface area contributed by atoms with Crippen LogP contribution in [0.1, 0.15) is 17.5 Å². The predicted octanol–water partition coefficient (Wildman–Crippen LogP) is 0.257. The second-order valence-corrected chi connectivity index (χ2v) is 7.81. The molecule has 6 nitrogen and oxygen atoms in total. The van der Waals surface area contributed by atoms with E-state index in [9.17, 15) is 18.0 Å². The Balaban J connectivity index is 1.92. The third-order valence-corrected chi connectivity index (χ3v) is 5.72. The Morgan fingerprint density at radius 3 is 2.59 bits per heavy atom. The Labute approximate surface area is 130 Å². The molecule has 120 valence electrons. The van der Waals surface area contributed by atoms with E-state index in [0.717, 1.165) is 11.1 Å². The van der Waals surface area contributed by atoms with Crippen LogP contribution in [0.25, 0.3) is 0 Å². The maximum absolute atomic E-state index is 12.1. The van der Waals surface area contributed by atoms with Crippen LogP contribution in [0, 0.1) is 6.92 Å². The van der Waals surface area contributed by atoms with Gasteiger partial charge in [0.15, 0.2) is 9.84 Å². The van der Waals surface area contributed by atoms with Crippen molar-refractivity contribution in [1.82, 2.24) is 10.2 Å². The van der Waals surface area contributed by atoms with Gasteiger partial charge in [-0.1, -0.05) is 24.3 Å². The third kappa shape index (κ3) is 3.85. The smallest absolute Gasteiger partial charge is 0.311 e. The average Bonchev–Trinajstić information content (AvgIpc) is 2.84. The molecule has 1 aliphatic heterocycles. The molecule has 1 aliphatic rings. The first-order chi connectivity index (χ1) is 10.3. The van der Waals surface area contributed by atoms with E-state index >= 15 is 0 Å². The molecule has 2 rings (SSSR count). The number of carbonyl (C=O) groups excluding carboxylic acids is 2. The Kier molecular flexibility index (Phi) is 4.85. The summed E-state index contributed by atoms with van der Waals surface area (Å²) in [5.74, 6) is -1.41. The van der Waals surface area contributed by atoms with Crippen molar-refractivity contribution in [2.45, 2.75) is 25.9 Å². The van der Waals surface area contributed by atoms with Gasteiger partial charge in [-0.15, -0.1) is 0 Å². The summed E-state index contributed by atoms with van der Waals surface area (Å²) in [7, 11) is -1.61. The van der Waals surface area contributed by atoms with E-state index < -0.39 is 27.7 Å². The minimum Gasteiger partial charge on any atom is -0.344 e. The summed E-state index contributed by atoms with van der Waals surface area (Å²) in [6.07, 6.45) is 0.385. The fraction of sp³-hybridized carbons (Fsp3) is 0.467. The molecule has 2 amide bonds. The van der Waals surface area contributed by atoms with Gasteiger partial charge in [0.05, 0.1) is 11.5 Å². The molecule has 0 aliphatic carbocycles. The van der Waals surface area contributed by atoms with Gasteiger partial charge in [0, 0.05) is 19.6 Å². The molecule has 1 heterocycles. The fourth-order valence-electron chi connectivity index (χ4n) is 2.47. The second-order valence-electron chi connectivity index (χ2n) is 5.58. The number of hydrogen-bond acceptors (Lipinski definition) is 4. The van der Waals surface area contributed by atoms with E-state index in [2.05, 4.69) is 5.32 Å². The number of sulfone groups is 1. The van der Waals surface area contributed by atoms with Gasteiger partial charge in [0.2, 0.25) is 0 Å². The lowest BCUT2D eigenvalue weighted by molar-refractivity contribution is -0.146. The molecule has 0 aromatic heterocycles. The Bertz CT molecular complexity index is 685. The van der Waals surface area contributed by atoms with Gasteiger partial charge in [-0.2, -0.15) is 0 Å². The summed E-state index contributed by atoms with van der Waals surface area (Å²) in [6, 6.07) is 7.17. The number of nitrogens with one attached hydrogen (secondary N) is 1. The molecule has 1 N–H and O–H groups in total. The Hall–Kier alpha value is -1.89. The quantitative estimate of drug-likeness (QED) is 0.808. The molecule has 0 bridgehead atoms. The number of carbonyl (C=O) groups is 2. The predicted molar refractivity (Wildman–Crippen MR) is 82.9 cm³/mol. The summed E-state index contributed by atoms with van der Waals surface area (Å²) < 4.78 is 22.9. The van der Waals surface area contributed by atoms with Gasteiger partial charge in [-0.05, 0) is 24.5 Å². The van der Waals surface area contributed by atoms with Crippen molar-refractivity contribution in [3.63, 3.8) is 0 Å². The van der Waals surface area contributed by atoms with Crippen LogP contribution >= 0.6 is 0 Å². The average molecular weight is 324 g/mol. The molecule has 22 heavy (non-hydrogen) atoms. The van der Waals surface area contributed by atoms with Crippen molar-refractivity contribution in [3.8, 4) is 0 Å². The lowest BCUT2D eigenvalue weighted by atomic mass is 10.1. The van der Waals surface area contributed by atoms with E-state index in [0.29, 0.717) is 6.42 Å². The topological polar surface area (TPSA) is 83.6 Å². The van der Waals surface area contributed by atoms with Crippen molar-refractivity contribution >= 4 is 21.7 Å². The van der Waals surface area contributed by atoms with E-state index in [1.54, 1.807) is 0 Å². The number of hydrogen-bond donors (Lipinski definition) is 1.